The highest BCUT2D eigenvalue weighted by Gasteiger charge is 2.14. The van der Waals surface area contributed by atoms with Crippen LogP contribution in [-0.4, -0.2) is 30.1 Å². The first kappa shape index (κ1) is 13.8. The molecule has 2 N–H and O–H groups in total. The fourth-order valence-electron chi connectivity index (χ4n) is 1.32. The molecule has 0 aliphatic heterocycles. The number of anilines is 1. The zero-order valence-corrected chi connectivity index (χ0v) is 12.1. The van der Waals surface area contributed by atoms with E-state index in [-0.39, 0.29) is 6.04 Å². The summed E-state index contributed by atoms with van der Waals surface area (Å²) in [5.74, 6) is 1.19. The van der Waals surface area contributed by atoms with Crippen molar-refractivity contribution < 1.29 is 0 Å². The predicted molar refractivity (Wildman–Crippen MR) is 75.6 cm³/mol. The van der Waals surface area contributed by atoms with Crippen LogP contribution >= 0.6 is 23.1 Å². The fraction of sp³-hybridized carbons (Fsp3) is 0.727. The van der Waals surface area contributed by atoms with Gasteiger partial charge in [0.15, 0.2) is 5.13 Å². The van der Waals surface area contributed by atoms with Gasteiger partial charge in [-0.15, -0.1) is 11.3 Å². The van der Waals surface area contributed by atoms with Gasteiger partial charge >= 0.3 is 0 Å². The summed E-state index contributed by atoms with van der Waals surface area (Å²) >= 11 is 3.58. The molecule has 0 aromatic carbocycles. The molecule has 0 aliphatic rings. The molecule has 92 valence electrons. The van der Waals surface area contributed by atoms with Crippen molar-refractivity contribution in [2.45, 2.75) is 32.4 Å². The molecule has 0 saturated heterocycles. The van der Waals surface area contributed by atoms with E-state index in [0.29, 0.717) is 6.04 Å². The van der Waals surface area contributed by atoms with Crippen LogP contribution in [0.3, 0.4) is 0 Å². The maximum atomic E-state index is 5.83. The number of hydrogen-bond donors (Lipinski definition) is 1. The molecule has 0 spiro atoms. The van der Waals surface area contributed by atoms with Crippen molar-refractivity contribution >= 4 is 28.2 Å². The largest absolute Gasteiger partial charge is 0.348 e. The van der Waals surface area contributed by atoms with Gasteiger partial charge in [-0.3, -0.25) is 0 Å². The number of hydrogen-bond acceptors (Lipinski definition) is 5. The van der Waals surface area contributed by atoms with Gasteiger partial charge in [0.2, 0.25) is 0 Å². The average Bonchev–Trinajstić information content (AvgIpc) is 2.74. The molecule has 3 nitrogen and oxygen atoms in total. The molecule has 0 aliphatic carbocycles. The molecule has 0 amide bonds. The van der Waals surface area contributed by atoms with E-state index in [0.717, 1.165) is 10.0 Å². The Hall–Kier alpha value is -0.260. The molecule has 1 aromatic heterocycles. The smallest absolute Gasteiger partial charge is 0.185 e. The van der Waals surface area contributed by atoms with E-state index < -0.39 is 0 Å². The summed E-state index contributed by atoms with van der Waals surface area (Å²) in [5.41, 5.74) is 5.83. The Morgan fingerprint density at radius 2 is 2.25 bits per heavy atom. The zero-order chi connectivity index (χ0) is 12.1. The first-order valence-corrected chi connectivity index (χ1v) is 7.70. The molecule has 16 heavy (non-hydrogen) atoms. The maximum Gasteiger partial charge on any atom is 0.185 e. The molecule has 0 saturated carbocycles. The highest BCUT2D eigenvalue weighted by Crippen LogP contribution is 2.27. The number of nitrogens with two attached hydrogens (primary N) is 1. The summed E-state index contributed by atoms with van der Waals surface area (Å²) < 4.78 is 0. The number of thioether (sulfide) groups is 1. The molecule has 0 radical (unpaired) electrons. The van der Waals surface area contributed by atoms with Gasteiger partial charge < -0.3 is 10.6 Å². The topological polar surface area (TPSA) is 42.2 Å². The first-order chi connectivity index (χ1) is 7.56. The van der Waals surface area contributed by atoms with Crippen LogP contribution in [0.2, 0.25) is 0 Å². The van der Waals surface area contributed by atoms with Gasteiger partial charge in [-0.05, 0) is 32.3 Å². The average molecular weight is 259 g/mol. The minimum absolute atomic E-state index is 0.0844. The molecule has 0 fully saturated rings. The van der Waals surface area contributed by atoms with E-state index >= 15 is 0 Å². The van der Waals surface area contributed by atoms with E-state index in [4.69, 9.17) is 5.73 Å². The summed E-state index contributed by atoms with van der Waals surface area (Å²) in [7, 11) is 2.11. The zero-order valence-electron chi connectivity index (χ0n) is 10.4. The third-order valence-electron chi connectivity index (χ3n) is 2.66. The van der Waals surface area contributed by atoms with Crippen molar-refractivity contribution in [3.63, 3.8) is 0 Å². The summed E-state index contributed by atoms with van der Waals surface area (Å²) in [6.45, 7) is 4.23. The molecule has 2 unspecified atom stereocenters. The number of nitrogens with zero attached hydrogens (tertiary/aromatic N) is 2. The number of aromatic nitrogens is 1. The van der Waals surface area contributed by atoms with Crippen LogP contribution in [0.25, 0.3) is 0 Å². The Morgan fingerprint density at radius 1 is 1.56 bits per heavy atom. The lowest BCUT2D eigenvalue weighted by Crippen LogP contribution is -2.29. The molecular formula is C11H21N3S2. The Bertz CT molecular complexity index is 312. The quantitative estimate of drug-likeness (QED) is 0.853. The molecular weight excluding hydrogens is 238 g/mol. The normalized spacial score (nSPS) is 14.8. The van der Waals surface area contributed by atoms with E-state index in [1.807, 2.05) is 24.9 Å². The molecule has 0 bridgehead atoms. The van der Waals surface area contributed by atoms with Gasteiger partial charge in [0.05, 0.1) is 0 Å². The van der Waals surface area contributed by atoms with Crippen LogP contribution in [0.5, 0.6) is 0 Å². The van der Waals surface area contributed by atoms with Crippen molar-refractivity contribution in [1.82, 2.24) is 4.98 Å². The number of thiazole rings is 1. The van der Waals surface area contributed by atoms with Crippen LogP contribution in [-0.2, 0) is 0 Å². The summed E-state index contributed by atoms with van der Waals surface area (Å²) in [6.07, 6.45) is 5.22. The highest BCUT2D eigenvalue weighted by atomic mass is 32.2. The number of rotatable bonds is 6. The minimum atomic E-state index is 0.0844. The van der Waals surface area contributed by atoms with Gasteiger partial charge in [-0.2, -0.15) is 11.8 Å². The van der Waals surface area contributed by atoms with Crippen LogP contribution < -0.4 is 10.6 Å². The lowest BCUT2D eigenvalue weighted by Gasteiger charge is -2.23. The third-order valence-corrected chi connectivity index (χ3v) is 4.60. The first-order valence-electron chi connectivity index (χ1n) is 5.49. The monoisotopic (exact) mass is 259 g/mol. The SMILES string of the molecule is CSCCC(C)N(C)c1ncc(C(C)N)s1. The molecule has 5 heteroatoms. The minimum Gasteiger partial charge on any atom is -0.348 e. The van der Waals surface area contributed by atoms with Crippen LogP contribution in [0.1, 0.15) is 31.2 Å². The second-order valence-electron chi connectivity index (χ2n) is 4.08. The van der Waals surface area contributed by atoms with E-state index in [1.54, 1.807) is 11.3 Å². The Labute approximate surface area is 106 Å². The van der Waals surface area contributed by atoms with Crippen LogP contribution in [0.15, 0.2) is 6.20 Å². The van der Waals surface area contributed by atoms with Crippen molar-refractivity contribution in [2.75, 3.05) is 24.0 Å². The van der Waals surface area contributed by atoms with Gasteiger partial charge in [-0.1, -0.05) is 0 Å². The van der Waals surface area contributed by atoms with E-state index in [9.17, 15) is 0 Å². The van der Waals surface area contributed by atoms with Gasteiger partial charge in [0, 0.05) is 30.2 Å². The fourth-order valence-corrected chi connectivity index (χ4v) is 2.83. The highest BCUT2D eigenvalue weighted by molar-refractivity contribution is 7.98. The lowest BCUT2D eigenvalue weighted by molar-refractivity contribution is 0.667. The Kier molecular flexibility index (Phi) is 5.58. The molecule has 1 rings (SSSR count). The lowest BCUT2D eigenvalue weighted by atomic mass is 10.2. The van der Waals surface area contributed by atoms with E-state index in [1.165, 1.54) is 12.2 Å². The van der Waals surface area contributed by atoms with Gasteiger partial charge in [0.1, 0.15) is 0 Å². The van der Waals surface area contributed by atoms with Crippen molar-refractivity contribution in [1.29, 1.82) is 0 Å². The van der Waals surface area contributed by atoms with E-state index in [2.05, 4.69) is 30.1 Å². The van der Waals surface area contributed by atoms with Gasteiger partial charge in [-0.25, -0.2) is 4.98 Å². The summed E-state index contributed by atoms with van der Waals surface area (Å²) in [4.78, 5) is 7.82. The second kappa shape index (κ2) is 6.47. The molecule has 2 atom stereocenters. The van der Waals surface area contributed by atoms with Crippen molar-refractivity contribution in [3.8, 4) is 0 Å². The van der Waals surface area contributed by atoms with Crippen molar-refractivity contribution in [3.05, 3.63) is 11.1 Å². The van der Waals surface area contributed by atoms with Gasteiger partial charge in [0.25, 0.3) is 0 Å². The molecule has 1 aromatic rings. The summed E-state index contributed by atoms with van der Waals surface area (Å²) in [6, 6.07) is 0.612. The van der Waals surface area contributed by atoms with Crippen molar-refractivity contribution in [2.24, 2.45) is 5.73 Å². The Balaban J connectivity index is 2.60. The predicted octanol–water partition coefficient (Wildman–Crippen LogP) is 2.74. The Morgan fingerprint density at radius 3 is 2.75 bits per heavy atom. The standard InChI is InChI=1S/C11H21N3S2/c1-8(5-6-15-4)14(3)11-13-7-10(16-11)9(2)12/h7-9H,5-6,12H2,1-4H3. The second-order valence-corrected chi connectivity index (χ2v) is 6.10. The van der Waals surface area contributed by atoms with Crippen LogP contribution in [0, 0.1) is 0 Å². The summed E-state index contributed by atoms with van der Waals surface area (Å²) in [5, 5.41) is 1.07. The maximum absolute atomic E-state index is 5.83. The third kappa shape index (κ3) is 3.64. The van der Waals surface area contributed by atoms with Crippen LogP contribution in [0.4, 0.5) is 5.13 Å². The molecule has 1 heterocycles.